The SMILES string of the molecule is BrCc1cccnc1N1CC2CCC1C2. The zero-order valence-electron chi connectivity index (χ0n) is 8.69. The standard InChI is InChI=1S/C12H15BrN2/c13-7-10-2-1-5-14-12(10)15-8-9-3-4-11(15)6-9/h1-2,5,9,11H,3-4,6-8H2. The molecule has 0 radical (unpaired) electrons. The summed E-state index contributed by atoms with van der Waals surface area (Å²) in [5.41, 5.74) is 1.32. The molecule has 2 aliphatic rings. The van der Waals surface area contributed by atoms with Crippen molar-refractivity contribution in [3.05, 3.63) is 23.9 Å². The maximum atomic E-state index is 4.55. The average molecular weight is 267 g/mol. The van der Waals surface area contributed by atoms with Crippen LogP contribution in [0.3, 0.4) is 0 Å². The van der Waals surface area contributed by atoms with Gasteiger partial charge in [-0.2, -0.15) is 0 Å². The molecule has 2 heterocycles. The molecule has 1 aliphatic heterocycles. The van der Waals surface area contributed by atoms with Crippen molar-refractivity contribution < 1.29 is 0 Å². The third kappa shape index (κ3) is 1.57. The second-order valence-corrected chi connectivity index (χ2v) is 5.17. The van der Waals surface area contributed by atoms with Crippen LogP contribution in [0, 0.1) is 5.92 Å². The molecule has 0 aromatic carbocycles. The van der Waals surface area contributed by atoms with E-state index >= 15 is 0 Å². The lowest BCUT2D eigenvalue weighted by atomic mass is 10.1. The number of fused-ring (bicyclic) bond motifs is 2. The third-order valence-corrected chi connectivity index (χ3v) is 4.30. The van der Waals surface area contributed by atoms with E-state index in [1.165, 1.54) is 37.2 Å². The normalized spacial score (nSPS) is 28.7. The minimum Gasteiger partial charge on any atom is -0.353 e. The predicted molar refractivity (Wildman–Crippen MR) is 65.3 cm³/mol. The van der Waals surface area contributed by atoms with Crippen LogP contribution in [0.4, 0.5) is 5.82 Å². The summed E-state index contributed by atoms with van der Waals surface area (Å²) in [5, 5.41) is 0.907. The molecule has 1 aromatic rings. The molecule has 0 spiro atoms. The number of piperidine rings is 1. The van der Waals surface area contributed by atoms with Crippen molar-refractivity contribution in [2.75, 3.05) is 11.4 Å². The summed E-state index contributed by atoms with van der Waals surface area (Å²) in [7, 11) is 0. The van der Waals surface area contributed by atoms with Gasteiger partial charge >= 0.3 is 0 Å². The van der Waals surface area contributed by atoms with Crippen LogP contribution in [-0.2, 0) is 5.33 Å². The molecule has 1 aliphatic carbocycles. The van der Waals surface area contributed by atoms with Crippen LogP contribution in [0.2, 0.25) is 0 Å². The van der Waals surface area contributed by atoms with E-state index in [0.717, 1.165) is 17.3 Å². The lowest BCUT2D eigenvalue weighted by molar-refractivity contribution is 0.549. The zero-order chi connectivity index (χ0) is 10.3. The molecule has 15 heavy (non-hydrogen) atoms. The highest BCUT2D eigenvalue weighted by atomic mass is 79.9. The molecule has 1 saturated carbocycles. The minimum absolute atomic E-state index is 0.766. The largest absolute Gasteiger partial charge is 0.353 e. The number of rotatable bonds is 2. The second-order valence-electron chi connectivity index (χ2n) is 4.61. The molecule has 2 fully saturated rings. The number of anilines is 1. The average Bonchev–Trinajstić information content (AvgIpc) is 2.90. The van der Waals surface area contributed by atoms with E-state index < -0.39 is 0 Å². The number of hydrogen-bond acceptors (Lipinski definition) is 2. The molecular formula is C12H15BrN2. The van der Waals surface area contributed by atoms with Crippen LogP contribution < -0.4 is 4.90 Å². The Hall–Kier alpha value is -0.570. The molecule has 0 N–H and O–H groups in total. The summed E-state index contributed by atoms with van der Waals surface area (Å²) >= 11 is 3.54. The van der Waals surface area contributed by atoms with Crippen molar-refractivity contribution in [3.63, 3.8) is 0 Å². The van der Waals surface area contributed by atoms with Crippen LogP contribution >= 0.6 is 15.9 Å². The summed E-state index contributed by atoms with van der Waals surface area (Å²) in [6, 6.07) is 4.96. The van der Waals surface area contributed by atoms with Crippen molar-refractivity contribution in [1.29, 1.82) is 0 Å². The molecule has 3 heteroatoms. The Kier molecular flexibility index (Phi) is 2.43. The van der Waals surface area contributed by atoms with E-state index in [0.29, 0.717) is 0 Å². The second kappa shape index (κ2) is 3.78. The fourth-order valence-corrected chi connectivity index (χ4v) is 3.41. The number of alkyl halides is 1. The highest BCUT2D eigenvalue weighted by Gasteiger charge is 2.38. The summed E-state index contributed by atoms with van der Waals surface area (Å²) in [6.45, 7) is 1.22. The van der Waals surface area contributed by atoms with Gasteiger partial charge in [-0.15, -0.1) is 0 Å². The Bertz CT molecular complexity index is 366. The van der Waals surface area contributed by atoms with Gasteiger partial charge in [-0.25, -0.2) is 4.98 Å². The van der Waals surface area contributed by atoms with Crippen LogP contribution in [-0.4, -0.2) is 17.6 Å². The first-order valence-corrected chi connectivity index (χ1v) is 6.77. The number of halogens is 1. The number of hydrogen-bond donors (Lipinski definition) is 0. The van der Waals surface area contributed by atoms with Gasteiger partial charge in [0, 0.05) is 29.7 Å². The fraction of sp³-hybridized carbons (Fsp3) is 0.583. The predicted octanol–water partition coefficient (Wildman–Crippen LogP) is 2.97. The Balaban J connectivity index is 1.92. The summed E-state index contributed by atoms with van der Waals surface area (Å²) in [4.78, 5) is 7.06. The summed E-state index contributed by atoms with van der Waals surface area (Å²) in [6.07, 6.45) is 6.09. The van der Waals surface area contributed by atoms with Crippen molar-refractivity contribution >= 4 is 21.7 Å². The third-order valence-electron chi connectivity index (χ3n) is 3.69. The molecule has 2 atom stereocenters. The first-order valence-electron chi connectivity index (χ1n) is 5.65. The Morgan fingerprint density at radius 3 is 3.07 bits per heavy atom. The van der Waals surface area contributed by atoms with Crippen LogP contribution in [0.25, 0.3) is 0 Å². The number of nitrogens with zero attached hydrogens (tertiary/aromatic N) is 2. The quantitative estimate of drug-likeness (QED) is 0.766. The van der Waals surface area contributed by atoms with Gasteiger partial charge in [0.15, 0.2) is 0 Å². The van der Waals surface area contributed by atoms with Crippen LogP contribution in [0.5, 0.6) is 0 Å². The Morgan fingerprint density at radius 1 is 1.47 bits per heavy atom. The van der Waals surface area contributed by atoms with Crippen molar-refractivity contribution in [2.24, 2.45) is 5.92 Å². The molecular weight excluding hydrogens is 252 g/mol. The lowest BCUT2D eigenvalue weighted by Crippen LogP contribution is -2.33. The smallest absolute Gasteiger partial charge is 0.132 e. The van der Waals surface area contributed by atoms with Crippen LogP contribution in [0.15, 0.2) is 18.3 Å². The minimum atomic E-state index is 0.766. The lowest BCUT2D eigenvalue weighted by Gasteiger charge is -2.29. The van der Waals surface area contributed by atoms with E-state index in [1.54, 1.807) is 0 Å². The van der Waals surface area contributed by atoms with E-state index in [1.807, 2.05) is 12.3 Å². The van der Waals surface area contributed by atoms with E-state index in [9.17, 15) is 0 Å². The molecule has 1 saturated heterocycles. The maximum absolute atomic E-state index is 4.55. The van der Waals surface area contributed by atoms with Crippen LogP contribution in [0.1, 0.15) is 24.8 Å². The van der Waals surface area contributed by atoms with E-state index in [2.05, 4.69) is 31.9 Å². The molecule has 2 unspecified atom stereocenters. The number of pyridine rings is 1. The van der Waals surface area contributed by atoms with Gasteiger partial charge in [-0.3, -0.25) is 0 Å². The van der Waals surface area contributed by atoms with Crippen molar-refractivity contribution in [1.82, 2.24) is 4.98 Å². The van der Waals surface area contributed by atoms with Gasteiger partial charge < -0.3 is 4.90 Å². The van der Waals surface area contributed by atoms with Gasteiger partial charge in [0.25, 0.3) is 0 Å². The Morgan fingerprint density at radius 2 is 2.40 bits per heavy atom. The van der Waals surface area contributed by atoms with Crippen molar-refractivity contribution in [2.45, 2.75) is 30.6 Å². The van der Waals surface area contributed by atoms with E-state index in [-0.39, 0.29) is 0 Å². The monoisotopic (exact) mass is 266 g/mol. The molecule has 0 amide bonds. The first-order chi connectivity index (χ1) is 7.38. The highest BCUT2D eigenvalue weighted by Crippen LogP contribution is 2.40. The first kappa shape index (κ1) is 9.64. The molecule has 2 nitrogen and oxygen atoms in total. The van der Waals surface area contributed by atoms with Gasteiger partial charge in [0.05, 0.1) is 0 Å². The fourth-order valence-electron chi connectivity index (χ4n) is 2.98. The Labute approximate surface area is 98.8 Å². The van der Waals surface area contributed by atoms with E-state index in [4.69, 9.17) is 0 Å². The molecule has 3 rings (SSSR count). The summed E-state index contributed by atoms with van der Waals surface area (Å²) in [5.74, 6) is 2.14. The zero-order valence-corrected chi connectivity index (χ0v) is 10.3. The summed E-state index contributed by atoms with van der Waals surface area (Å²) < 4.78 is 0. The van der Waals surface area contributed by atoms with Gasteiger partial charge in [0.2, 0.25) is 0 Å². The highest BCUT2D eigenvalue weighted by molar-refractivity contribution is 9.08. The topological polar surface area (TPSA) is 16.1 Å². The van der Waals surface area contributed by atoms with Crippen molar-refractivity contribution in [3.8, 4) is 0 Å². The van der Waals surface area contributed by atoms with Gasteiger partial charge in [-0.1, -0.05) is 22.0 Å². The number of aromatic nitrogens is 1. The molecule has 80 valence electrons. The van der Waals surface area contributed by atoms with Gasteiger partial charge in [-0.05, 0) is 31.2 Å². The van der Waals surface area contributed by atoms with Gasteiger partial charge in [0.1, 0.15) is 5.82 Å². The molecule has 2 bridgehead atoms. The maximum Gasteiger partial charge on any atom is 0.132 e. The molecule has 1 aromatic heterocycles.